The lowest BCUT2D eigenvalue weighted by atomic mass is 10.2. The monoisotopic (exact) mass is 146 g/mol. The van der Waals surface area contributed by atoms with E-state index in [0.717, 1.165) is 19.6 Å². The van der Waals surface area contributed by atoms with E-state index in [1.54, 1.807) is 7.11 Å². The smallest absolute Gasteiger partial charge is 0.0598 e. The maximum absolute atomic E-state index is 5.45. The zero-order valence-electron chi connectivity index (χ0n) is 7.44. The summed E-state index contributed by atoms with van der Waals surface area (Å²) in [6.45, 7) is 7.74. The molecule has 0 unspecified atom stereocenters. The van der Waals surface area contributed by atoms with Crippen molar-refractivity contribution in [3.63, 3.8) is 0 Å². The van der Waals surface area contributed by atoms with Gasteiger partial charge in [0, 0.05) is 20.3 Å². The van der Waals surface area contributed by atoms with Crippen LogP contribution in [0.4, 0.5) is 0 Å². The molecular weight excluding hydrogens is 128 g/mol. The Hall–Kier alpha value is -0.0800. The summed E-state index contributed by atoms with van der Waals surface area (Å²) >= 11 is 0. The van der Waals surface area contributed by atoms with Crippen molar-refractivity contribution in [1.29, 1.82) is 0 Å². The summed E-state index contributed by atoms with van der Waals surface area (Å²) in [5, 5.41) is 0. The molecule has 0 fully saturated rings. The summed E-state index contributed by atoms with van der Waals surface area (Å²) in [5.41, 5.74) is -0.00621. The highest BCUT2D eigenvalue weighted by molar-refractivity contribution is 4.57. The predicted molar refractivity (Wildman–Crippen MR) is 42.2 cm³/mol. The Morgan fingerprint density at radius 3 is 2.10 bits per heavy atom. The fourth-order valence-corrected chi connectivity index (χ4v) is 0.582. The van der Waals surface area contributed by atoms with Crippen LogP contribution in [0, 0.1) is 0 Å². The van der Waals surface area contributed by atoms with Gasteiger partial charge in [0.25, 0.3) is 0 Å². The minimum Gasteiger partial charge on any atom is -0.385 e. The maximum atomic E-state index is 5.45. The second-order valence-electron chi connectivity index (χ2n) is 3.31. The van der Waals surface area contributed by atoms with E-state index in [1.165, 1.54) is 0 Å². The first-order valence-corrected chi connectivity index (χ1v) is 3.69. The molecule has 0 saturated carbocycles. The van der Waals surface area contributed by atoms with Crippen molar-refractivity contribution in [2.75, 3.05) is 20.3 Å². The summed E-state index contributed by atoms with van der Waals surface area (Å²) < 4.78 is 10.3. The molecule has 0 bridgehead atoms. The highest BCUT2D eigenvalue weighted by atomic mass is 16.5. The van der Waals surface area contributed by atoms with Crippen LogP contribution in [0.2, 0.25) is 0 Å². The molecule has 0 amide bonds. The van der Waals surface area contributed by atoms with Gasteiger partial charge >= 0.3 is 0 Å². The second kappa shape index (κ2) is 4.69. The summed E-state index contributed by atoms with van der Waals surface area (Å²) in [5.74, 6) is 0. The molecule has 2 nitrogen and oxygen atoms in total. The number of ether oxygens (including phenoxy) is 2. The van der Waals surface area contributed by atoms with E-state index in [0.29, 0.717) is 0 Å². The fourth-order valence-electron chi connectivity index (χ4n) is 0.582. The van der Waals surface area contributed by atoms with Gasteiger partial charge in [0.1, 0.15) is 0 Å². The van der Waals surface area contributed by atoms with E-state index in [1.807, 2.05) is 0 Å². The summed E-state index contributed by atoms with van der Waals surface area (Å²) in [6, 6.07) is 0. The topological polar surface area (TPSA) is 18.5 Å². The van der Waals surface area contributed by atoms with E-state index in [2.05, 4.69) is 20.8 Å². The maximum Gasteiger partial charge on any atom is 0.0598 e. The van der Waals surface area contributed by atoms with Gasteiger partial charge in [0.15, 0.2) is 0 Å². The molecule has 0 aliphatic carbocycles. The summed E-state index contributed by atoms with van der Waals surface area (Å²) in [4.78, 5) is 0. The van der Waals surface area contributed by atoms with Crippen molar-refractivity contribution in [2.24, 2.45) is 0 Å². The quantitative estimate of drug-likeness (QED) is 0.563. The van der Waals surface area contributed by atoms with Crippen molar-refractivity contribution in [1.82, 2.24) is 0 Å². The van der Waals surface area contributed by atoms with Gasteiger partial charge in [0.05, 0.1) is 5.60 Å². The van der Waals surface area contributed by atoms with Crippen LogP contribution in [0.15, 0.2) is 0 Å². The Bertz CT molecular complexity index is 73.8. The average molecular weight is 146 g/mol. The zero-order chi connectivity index (χ0) is 8.04. The molecular formula is C8H18O2. The highest BCUT2D eigenvalue weighted by Crippen LogP contribution is 2.06. The van der Waals surface area contributed by atoms with E-state index < -0.39 is 0 Å². The molecule has 0 radical (unpaired) electrons. The summed E-state index contributed by atoms with van der Waals surface area (Å²) in [6.07, 6.45) is 0.980. The van der Waals surface area contributed by atoms with Crippen LogP contribution < -0.4 is 0 Å². The molecule has 0 aliphatic heterocycles. The lowest BCUT2D eigenvalue weighted by Gasteiger charge is -2.18. The van der Waals surface area contributed by atoms with Gasteiger partial charge < -0.3 is 9.47 Å². The molecule has 0 rings (SSSR count). The average Bonchev–Trinajstić information content (AvgIpc) is 1.78. The van der Waals surface area contributed by atoms with E-state index in [-0.39, 0.29) is 5.60 Å². The van der Waals surface area contributed by atoms with Crippen LogP contribution >= 0.6 is 0 Å². The molecule has 0 aromatic heterocycles. The van der Waals surface area contributed by atoms with Crippen LogP contribution in [0.3, 0.4) is 0 Å². The molecule has 0 saturated heterocycles. The summed E-state index contributed by atoms with van der Waals surface area (Å²) in [7, 11) is 1.71. The van der Waals surface area contributed by atoms with Crippen LogP contribution in [0.5, 0.6) is 0 Å². The molecule has 62 valence electrons. The largest absolute Gasteiger partial charge is 0.385 e. The van der Waals surface area contributed by atoms with Crippen LogP contribution in [0.25, 0.3) is 0 Å². The first-order valence-electron chi connectivity index (χ1n) is 3.69. The number of hydrogen-bond donors (Lipinski definition) is 0. The Labute approximate surface area is 63.5 Å². The highest BCUT2D eigenvalue weighted by Gasteiger charge is 2.08. The predicted octanol–water partition coefficient (Wildman–Crippen LogP) is 1.84. The molecule has 2 heteroatoms. The lowest BCUT2D eigenvalue weighted by Crippen LogP contribution is -2.20. The van der Waals surface area contributed by atoms with Gasteiger partial charge in [-0.15, -0.1) is 0 Å². The van der Waals surface area contributed by atoms with Crippen molar-refractivity contribution in [2.45, 2.75) is 32.8 Å². The van der Waals surface area contributed by atoms with Gasteiger partial charge in [-0.3, -0.25) is 0 Å². The molecule has 0 atom stereocenters. The van der Waals surface area contributed by atoms with Crippen molar-refractivity contribution in [3.05, 3.63) is 0 Å². The normalized spacial score (nSPS) is 12.0. The first kappa shape index (κ1) is 9.92. The first-order chi connectivity index (χ1) is 4.56. The number of rotatable bonds is 4. The van der Waals surface area contributed by atoms with Gasteiger partial charge in [-0.1, -0.05) is 0 Å². The molecule has 0 N–H and O–H groups in total. The number of methoxy groups -OCH3 is 1. The molecule has 0 aromatic carbocycles. The zero-order valence-corrected chi connectivity index (χ0v) is 7.44. The lowest BCUT2D eigenvalue weighted by molar-refractivity contribution is -0.0110. The van der Waals surface area contributed by atoms with Crippen molar-refractivity contribution < 1.29 is 9.47 Å². The third-order valence-corrected chi connectivity index (χ3v) is 1.03. The fraction of sp³-hybridized carbons (Fsp3) is 1.00. The van der Waals surface area contributed by atoms with Gasteiger partial charge in [-0.05, 0) is 27.2 Å². The molecule has 0 aromatic rings. The third-order valence-electron chi connectivity index (χ3n) is 1.03. The Morgan fingerprint density at radius 2 is 1.70 bits per heavy atom. The number of hydrogen-bond acceptors (Lipinski definition) is 2. The third kappa shape index (κ3) is 7.92. The van der Waals surface area contributed by atoms with Gasteiger partial charge in [0.2, 0.25) is 0 Å². The van der Waals surface area contributed by atoms with E-state index >= 15 is 0 Å². The Kier molecular flexibility index (Phi) is 4.65. The van der Waals surface area contributed by atoms with Crippen LogP contribution in [-0.2, 0) is 9.47 Å². The SMILES string of the molecule is COCCCOC(C)(C)C. The Morgan fingerprint density at radius 1 is 1.10 bits per heavy atom. The minimum absolute atomic E-state index is 0.00621. The molecule has 0 spiro atoms. The molecule has 0 heterocycles. The molecule has 0 aliphatic rings. The van der Waals surface area contributed by atoms with Crippen LogP contribution in [-0.4, -0.2) is 25.9 Å². The van der Waals surface area contributed by atoms with Crippen LogP contribution in [0.1, 0.15) is 27.2 Å². The van der Waals surface area contributed by atoms with Crippen molar-refractivity contribution in [3.8, 4) is 0 Å². The second-order valence-corrected chi connectivity index (χ2v) is 3.31. The molecule has 10 heavy (non-hydrogen) atoms. The minimum atomic E-state index is -0.00621. The standard InChI is InChI=1S/C8H18O2/c1-8(2,3)10-7-5-6-9-4/h5-7H2,1-4H3. The van der Waals surface area contributed by atoms with Gasteiger partial charge in [-0.2, -0.15) is 0 Å². The van der Waals surface area contributed by atoms with E-state index in [9.17, 15) is 0 Å². The van der Waals surface area contributed by atoms with Crippen molar-refractivity contribution >= 4 is 0 Å². The van der Waals surface area contributed by atoms with Gasteiger partial charge in [-0.25, -0.2) is 0 Å². The van der Waals surface area contributed by atoms with E-state index in [4.69, 9.17) is 9.47 Å². The Balaban J connectivity index is 3.04.